The highest BCUT2D eigenvalue weighted by Gasteiger charge is 2.33. The number of methoxy groups -OCH3 is 1. The summed E-state index contributed by atoms with van der Waals surface area (Å²) in [6, 6.07) is 1.94. The third-order valence-corrected chi connectivity index (χ3v) is 1.83. The first-order chi connectivity index (χ1) is 6.86. The molecule has 0 saturated heterocycles. The van der Waals surface area contributed by atoms with Crippen LogP contribution in [-0.2, 0) is 6.18 Å². The van der Waals surface area contributed by atoms with Crippen molar-refractivity contribution < 1.29 is 17.9 Å². The van der Waals surface area contributed by atoms with Crippen LogP contribution in [0.3, 0.4) is 0 Å². The number of pyridine rings is 1. The van der Waals surface area contributed by atoms with Crippen molar-refractivity contribution in [2.24, 2.45) is 5.73 Å². The lowest BCUT2D eigenvalue weighted by Crippen LogP contribution is -2.15. The van der Waals surface area contributed by atoms with Crippen LogP contribution in [0.25, 0.3) is 0 Å². The third kappa shape index (κ3) is 2.56. The van der Waals surface area contributed by atoms with E-state index in [1.807, 2.05) is 0 Å². The SMILES string of the molecule is COc1nc(C(F)(F)F)ccc1C(N)=S. The van der Waals surface area contributed by atoms with Gasteiger partial charge < -0.3 is 10.5 Å². The summed E-state index contributed by atoms with van der Waals surface area (Å²) in [7, 11) is 1.20. The number of thiocarbonyl (C=S) groups is 1. The Morgan fingerprint density at radius 1 is 1.47 bits per heavy atom. The summed E-state index contributed by atoms with van der Waals surface area (Å²) in [5, 5.41) is 0. The molecule has 0 saturated carbocycles. The minimum absolute atomic E-state index is 0.0620. The molecule has 0 aliphatic heterocycles. The zero-order valence-corrected chi connectivity index (χ0v) is 8.45. The Morgan fingerprint density at radius 3 is 2.47 bits per heavy atom. The Morgan fingerprint density at radius 2 is 2.07 bits per heavy atom. The number of rotatable bonds is 2. The van der Waals surface area contributed by atoms with Crippen LogP contribution < -0.4 is 10.5 Å². The lowest BCUT2D eigenvalue weighted by molar-refractivity contribution is -0.141. The predicted octanol–water partition coefficient (Wildman–Crippen LogP) is 1.74. The summed E-state index contributed by atoms with van der Waals surface area (Å²) in [4.78, 5) is 3.21. The van der Waals surface area contributed by atoms with Crippen LogP contribution in [-0.4, -0.2) is 17.1 Å². The van der Waals surface area contributed by atoms with Gasteiger partial charge in [0.1, 0.15) is 10.7 Å². The van der Waals surface area contributed by atoms with Crippen LogP contribution in [0.4, 0.5) is 13.2 Å². The number of ether oxygens (including phenoxy) is 1. The van der Waals surface area contributed by atoms with Crippen molar-refractivity contribution in [3.05, 3.63) is 23.4 Å². The average Bonchev–Trinajstić information content (AvgIpc) is 2.15. The molecule has 0 spiro atoms. The number of hydrogen-bond donors (Lipinski definition) is 1. The molecule has 0 bridgehead atoms. The van der Waals surface area contributed by atoms with Gasteiger partial charge >= 0.3 is 6.18 Å². The summed E-state index contributed by atoms with van der Waals surface area (Å²) < 4.78 is 41.4. The number of aromatic nitrogens is 1. The topological polar surface area (TPSA) is 48.1 Å². The summed E-state index contributed by atoms with van der Waals surface area (Å²) in [6.07, 6.45) is -4.51. The molecule has 0 aliphatic carbocycles. The van der Waals surface area contributed by atoms with E-state index in [4.69, 9.17) is 5.73 Å². The van der Waals surface area contributed by atoms with Crippen molar-refractivity contribution in [2.75, 3.05) is 7.11 Å². The molecule has 1 rings (SSSR count). The number of nitrogens with zero attached hydrogens (tertiary/aromatic N) is 1. The molecule has 7 heteroatoms. The van der Waals surface area contributed by atoms with Crippen molar-refractivity contribution in [1.29, 1.82) is 0 Å². The molecule has 1 aromatic rings. The Kier molecular flexibility index (Phi) is 3.13. The molecule has 82 valence electrons. The van der Waals surface area contributed by atoms with Crippen molar-refractivity contribution in [3.8, 4) is 5.88 Å². The highest BCUT2D eigenvalue weighted by Crippen LogP contribution is 2.29. The molecule has 0 fully saturated rings. The predicted molar refractivity (Wildman–Crippen MR) is 51.7 cm³/mol. The van der Waals surface area contributed by atoms with Gasteiger partial charge in [-0.05, 0) is 12.1 Å². The molecule has 0 radical (unpaired) electrons. The van der Waals surface area contributed by atoms with Gasteiger partial charge in [-0.15, -0.1) is 0 Å². The zero-order chi connectivity index (χ0) is 11.6. The standard InChI is InChI=1S/C8H7F3N2OS/c1-14-7-4(6(12)15)2-3-5(13-7)8(9,10)11/h2-3H,1H3,(H2,12,15). The quantitative estimate of drug-likeness (QED) is 0.794. The van der Waals surface area contributed by atoms with Crippen molar-refractivity contribution in [3.63, 3.8) is 0 Å². The van der Waals surface area contributed by atoms with Crippen molar-refractivity contribution in [1.82, 2.24) is 4.98 Å². The molecule has 3 nitrogen and oxygen atoms in total. The second-order valence-corrected chi connectivity index (χ2v) is 3.06. The lowest BCUT2D eigenvalue weighted by Gasteiger charge is -2.10. The maximum atomic E-state index is 12.3. The van der Waals surface area contributed by atoms with E-state index in [0.717, 1.165) is 12.1 Å². The van der Waals surface area contributed by atoms with Crippen LogP contribution in [0.2, 0.25) is 0 Å². The minimum atomic E-state index is -4.51. The molecule has 0 aliphatic rings. The lowest BCUT2D eigenvalue weighted by atomic mass is 10.2. The average molecular weight is 236 g/mol. The number of hydrogen-bond acceptors (Lipinski definition) is 3. The van der Waals surface area contributed by atoms with E-state index in [0.29, 0.717) is 0 Å². The van der Waals surface area contributed by atoms with E-state index in [1.165, 1.54) is 7.11 Å². The van der Waals surface area contributed by atoms with E-state index >= 15 is 0 Å². The van der Waals surface area contributed by atoms with Crippen LogP contribution >= 0.6 is 12.2 Å². The van der Waals surface area contributed by atoms with Crippen LogP contribution in [0.5, 0.6) is 5.88 Å². The van der Waals surface area contributed by atoms with E-state index in [2.05, 4.69) is 21.9 Å². The fraction of sp³-hybridized carbons (Fsp3) is 0.250. The Balaban J connectivity index is 3.25. The van der Waals surface area contributed by atoms with E-state index in [-0.39, 0.29) is 16.4 Å². The molecule has 0 aromatic carbocycles. The highest BCUT2D eigenvalue weighted by atomic mass is 32.1. The van der Waals surface area contributed by atoms with Gasteiger partial charge in [0.15, 0.2) is 0 Å². The van der Waals surface area contributed by atoms with E-state index in [1.54, 1.807) is 0 Å². The molecule has 1 heterocycles. The number of alkyl halides is 3. The molecule has 15 heavy (non-hydrogen) atoms. The molecule has 0 atom stereocenters. The Hall–Kier alpha value is -1.37. The molecular formula is C8H7F3N2OS. The van der Waals surface area contributed by atoms with Gasteiger partial charge in [-0.3, -0.25) is 0 Å². The molecule has 0 amide bonds. The third-order valence-electron chi connectivity index (χ3n) is 1.61. The van der Waals surface area contributed by atoms with E-state index < -0.39 is 11.9 Å². The monoisotopic (exact) mass is 236 g/mol. The summed E-state index contributed by atoms with van der Waals surface area (Å²) in [5.74, 6) is -0.225. The van der Waals surface area contributed by atoms with Gasteiger partial charge in [0, 0.05) is 0 Å². The van der Waals surface area contributed by atoms with Crippen molar-refractivity contribution >= 4 is 17.2 Å². The fourth-order valence-corrected chi connectivity index (χ4v) is 1.10. The second-order valence-electron chi connectivity index (χ2n) is 2.62. The van der Waals surface area contributed by atoms with Crippen LogP contribution in [0.15, 0.2) is 12.1 Å². The van der Waals surface area contributed by atoms with E-state index in [9.17, 15) is 13.2 Å². The fourth-order valence-electron chi connectivity index (χ4n) is 0.941. The first-order valence-electron chi connectivity index (χ1n) is 3.78. The van der Waals surface area contributed by atoms with Gasteiger partial charge in [-0.1, -0.05) is 12.2 Å². The smallest absolute Gasteiger partial charge is 0.433 e. The van der Waals surface area contributed by atoms with Crippen LogP contribution in [0, 0.1) is 0 Å². The summed E-state index contributed by atoms with van der Waals surface area (Å²) in [5.41, 5.74) is 4.42. The normalized spacial score (nSPS) is 11.2. The Labute approximate surface area is 89.1 Å². The first-order valence-corrected chi connectivity index (χ1v) is 4.19. The Bertz CT molecular complexity index is 392. The van der Waals surface area contributed by atoms with Gasteiger partial charge in [0.2, 0.25) is 5.88 Å². The van der Waals surface area contributed by atoms with Crippen LogP contribution in [0.1, 0.15) is 11.3 Å². The van der Waals surface area contributed by atoms with Gasteiger partial charge in [0.25, 0.3) is 0 Å². The minimum Gasteiger partial charge on any atom is -0.480 e. The molecule has 1 aromatic heterocycles. The zero-order valence-electron chi connectivity index (χ0n) is 7.63. The number of nitrogens with two attached hydrogens (primary N) is 1. The summed E-state index contributed by atoms with van der Waals surface area (Å²) >= 11 is 4.63. The van der Waals surface area contributed by atoms with Gasteiger partial charge in [0.05, 0.1) is 12.7 Å². The highest BCUT2D eigenvalue weighted by molar-refractivity contribution is 7.80. The summed E-state index contributed by atoms with van der Waals surface area (Å²) in [6.45, 7) is 0. The maximum absolute atomic E-state index is 12.3. The maximum Gasteiger partial charge on any atom is 0.433 e. The largest absolute Gasteiger partial charge is 0.480 e. The van der Waals surface area contributed by atoms with Gasteiger partial charge in [-0.2, -0.15) is 13.2 Å². The molecule has 2 N–H and O–H groups in total. The van der Waals surface area contributed by atoms with Crippen molar-refractivity contribution in [2.45, 2.75) is 6.18 Å². The molecule has 0 unspecified atom stereocenters. The molecular weight excluding hydrogens is 229 g/mol. The second kappa shape index (κ2) is 4.01. The first kappa shape index (κ1) is 11.7. The van der Waals surface area contributed by atoms with Gasteiger partial charge in [-0.25, -0.2) is 4.98 Å². The number of halogens is 3.